The largest absolute Gasteiger partial charge is 0.141 e. The number of thiophene rings is 5. The van der Waals surface area contributed by atoms with E-state index in [1.165, 1.54) is 71.3 Å². The zero-order valence-electron chi connectivity index (χ0n) is 36.5. The van der Waals surface area contributed by atoms with Gasteiger partial charge in [-0.15, -0.1) is 56.7 Å². The van der Waals surface area contributed by atoms with E-state index in [-0.39, 0.29) is 0 Å². The van der Waals surface area contributed by atoms with Crippen LogP contribution in [0, 0.1) is 27.7 Å². The van der Waals surface area contributed by atoms with Crippen LogP contribution in [0.3, 0.4) is 0 Å². The van der Waals surface area contributed by atoms with Crippen molar-refractivity contribution in [2.75, 3.05) is 0 Å². The fraction of sp³-hybridized carbons (Fsp3) is 0.111. The van der Waals surface area contributed by atoms with Gasteiger partial charge in [0.1, 0.15) is 0 Å². The first-order valence-corrected chi connectivity index (χ1v) is 26.6. The Morgan fingerprint density at radius 2 is 0.877 bits per heavy atom. The average molecular weight is 1070 g/mol. The zero-order valence-corrected chi connectivity index (χ0v) is 45.1. The molecular weight excluding hydrogens is 1020 g/mol. The minimum Gasteiger partial charge on any atom is -0.141 e. The standard InChI is InChI=1S/C11H9Cl.C9H7ClS2.2C9H7ClS.C9H9Cl.C7H7ClS/c1-8-2-3-10-7-11(12)5-4-9(10)6-8;1-6-2-3-7(11-6)8-4-5-9(10)12-8;1-6-4-7-5-8(10)2-3-9(7)11-6;1-6-4-7-2-3-8(10)5-9(7)11-6;1-2-3-8-4-6-9(10)7-5-8;1-2-3-6-4-5-7(8)9-6/h2-7H,1H3;2-5H,1H3;2*2-5H,1H3;2-7H,1H3;2-5H,1H3/b;;;;2*3-2+. The molecule has 10 rings (SSSR count). The van der Waals surface area contributed by atoms with Crippen LogP contribution in [0.2, 0.25) is 28.8 Å². The first kappa shape index (κ1) is 52.6. The quantitative estimate of drug-likeness (QED) is 0.165. The molecule has 0 radical (unpaired) electrons. The number of hydrogen-bond donors (Lipinski definition) is 0. The number of hydrogen-bond acceptors (Lipinski definition) is 5. The van der Waals surface area contributed by atoms with Crippen LogP contribution in [-0.4, -0.2) is 0 Å². The van der Waals surface area contributed by atoms with Gasteiger partial charge in [-0.3, -0.25) is 0 Å². The monoisotopic (exact) mass is 1060 g/mol. The van der Waals surface area contributed by atoms with Crippen LogP contribution in [0.4, 0.5) is 0 Å². The predicted octanol–water partition coefficient (Wildman–Crippen LogP) is 22.8. The second-order valence-corrected chi connectivity index (χ2v) is 23.4. The Morgan fingerprint density at radius 3 is 1.49 bits per heavy atom. The molecule has 0 amide bonds. The van der Waals surface area contributed by atoms with Crippen molar-refractivity contribution in [1.29, 1.82) is 0 Å². The number of rotatable bonds is 3. The van der Waals surface area contributed by atoms with E-state index in [9.17, 15) is 0 Å². The van der Waals surface area contributed by atoms with Crippen LogP contribution in [0.25, 0.3) is 52.9 Å². The zero-order chi connectivity index (χ0) is 46.9. The molecule has 0 bridgehead atoms. The van der Waals surface area contributed by atoms with Crippen molar-refractivity contribution in [3.8, 4) is 9.75 Å². The van der Waals surface area contributed by atoms with E-state index in [0.717, 1.165) is 28.8 Å². The Bertz CT molecular complexity index is 2930. The molecule has 0 aliphatic heterocycles. The Labute approximate surface area is 433 Å². The van der Waals surface area contributed by atoms with E-state index >= 15 is 0 Å². The molecule has 0 N–H and O–H groups in total. The maximum absolute atomic E-state index is 5.86. The molecule has 0 aliphatic carbocycles. The summed E-state index contributed by atoms with van der Waals surface area (Å²) in [5.74, 6) is 0. The SMILES string of the molecule is C/C=C/c1ccc(Cl)cc1.C/C=C/c1ccc(Cl)s1.Cc1cc2cc(Cl)ccc2s1.Cc1cc2ccc(Cl)cc2s1.Cc1ccc(-c2ccc(Cl)s2)s1.Cc1ccc2cc(Cl)ccc2c1. The molecule has 0 unspecified atom stereocenters. The van der Waals surface area contributed by atoms with Crippen LogP contribution < -0.4 is 0 Å². The third-order valence-electron chi connectivity index (χ3n) is 8.88. The van der Waals surface area contributed by atoms with E-state index in [2.05, 4.69) is 88.4 Å². The highest BCUT2D eigenvalue weighted by atomic mass is 35.5. The molecule has 0 atom stereocenters. The second kappa shape index (κ2) is 26.8. The number of aryl methyl sites for hydroxylation is 4. The van der Waals surface area contributed by atoms with Gasteiger partial charge in [0.05, 0.1) is 8.67 Å². The van der Waals surface area contributed by atoms with Crippen molar-refractivity contribution in [2.24, 2.45) is 0 Å². The summed E-state index contributed by atoms with van der Waals surface area (Å²) >= 11 is 43.3. The van der Waals surface area contributed by atoms with Crippen LogP contribution in [0.15, 0.2) is 158 Å². The average Bonchev–Trinajstić information content (AvgIpc) is 4.13. The molecule has 11 heteroatoms. The fourth-order valence-electron chi connectivity index (χ4n) is 5.98. The van der Waals surface area contributed by atoms with Crippen LogP contribution >= 0.6 is 126 Å². The lowest BCUT2D eigenvalue weighted by atomic mass is 10.1. The normalized spacial score (nSPS) is 10.6. The molecule has 0 aliphatic rings. The van der Waals surface area contributed by atoms with Crippen LogP contribution in [-0.2, 0) is 0 Å². The predicted molar refractivity (Wildman–Crippen MR) is 304 cm³/mol. The molecule has 65 heavy (non-hydrogen) atoms. The van der Waals surface area contributed by atoms with E-state index in [1.54, 1.807) is 56.7 Å². The van der Waals surface area contributed by atoms with Gasteiger partial charge in [0.25, 0.3) is 0 Å². The van der Waals surface area contributed by atoms with Gasteiger partial charge in [0, 0.05) is 58.8 Å². The van der Waals surface area contributed by atoms with E-state index in [0.29, 0.717) is 0 Å². The molecule has 0 spiro atoms. The summed E-state index contributed by atoms with van der Waals surface area (Å²) in [4.78, 5) is 7.80. The number of halogens is 6. The summed E-state index contributed by atoms with van der Waals surface area (Å²) in [6.45, 7) is 12.4. The lowest BCUT2D eigenvalue weighted by molar-refractivity contribution is 1.51. The highest BCUT2D eigenvalue weighted by Gasteiger charge is 2.03. The van der Waals surface area contributed by atoms with Gasteiger partial charge < -0.3 is 0 Å². The molecule has 0 saturated carbocycles. The smallest absolute Gasteiger partial charge is 0.0935 e. The van der Waals surface area contributed by atoms with Crippen molar-refractivity contribution in [1.82, 2.24) is 0 Å². The lowest BCUT2D eigenvalue weighted by Gasteiger charge is -1.98. The Kier molecular flexibility index (Phi) is 21.7. The number of benzene rings is 5. The van der Waals surface area contributed by atoms with Crippen molar-refractivity contribution < 1.29 is 0 Å². The molecule has 334 valence electrons. The van der Waals surface area contributed by atoms with E-state index < -0.39 is 0 Å². The maximum Gasteiger partial charge on any atom is 0.0935 e. The van der Waals surface area contributed by atoms with Crippen molar-refractivity contribution >= 4 is 169 Å². The van der Waals surface area contributed by atoms with E-state index in [4.69, 9.17) is 69.6 Å². The third-order valence-corrected chi connectivity index (χ3v) is 15.5. The fourth-order valence-corrected chi connectivity index (χ4v) is 11.6. The number of allylic oxidation sites excluding steroid dienone is 2. The first-order chi connectivity index (χ1) is 31.2. The summed E-state index contributed by atoms with van der Waals surface area (Å²) in [6.07, 6.45) is 8.08. The van der Waals surface area contributed by atoms with E-state index in [1.807, 2.05) is 123 Å². The minimum absolute atomic E-state index is 0.785. The van der Waals surface area contributed by atoms with Crippen molar-refractivity contribution in [3.05, 3.63) is 217 Å². The number of fused-ring (bicyclic) bond motifs is 3. The second-order valence-electron chi connectivity index (χ2n) is 14.3. The summed E-state index contributed by atoms with van der Waals surface area (Å²) < 4.78 is 4.29. The van der Waals surface area contributed by atoms with Gasteiger partial charge in [-0.1, -0.05) is 136 Å². The summed E-state index contributed by atoms with van der Waals surface area (Å²) in [5.41, 5.74) is 2.47. The molecule has 5 heterocycles. The third kappa shape index (κ3) is 18.0. The van der Waals surface area contributed by atoms with Crippen LogP contribution in [0.5, 0.6) is 0 Å². The topological polar surface area (TPSA) is 0 Å². The molecule has 10 aromatic rings. The molecule has 5 aromatic carbocycles. The summed E-state index contributed by atoms with van der Waals surface area (Å²) in [7, 11) is 0. The van der Waals surface area contributed by atoms with Gasteiger partial charge in [0.15, 0.2) is 0 Å². The van der Waals surface area contributed by atoms with Crippen molar-refractivity contribution in [2.45, 2.75) is 41.5 Å². The van der Waals surface area contributed by atoms with Gasteiger partial charge in [-0.05, 0) is 178 Å². The molecule has 0 fully saturated rings. The molecule has 0 nitrogen and oxygen atoms in total. The van der Waals surface area contributed by atoms with Gasteiger partial charge in [-0.25, -0.2) is 0 Å². The van der Waals surface area contributed by atoms with Crippen molar-refractivity contribution in [3.63, 3.8) is 0 Å². The molecular formula is C54H46Cl6S5. The molecule has 0 saturated heterocycles. The minimum atomic E-state index is 0.785. The lowest BCUT2D eigenvalue weighted by Crippen LogP contribution is -1.74. The van der Waals surface area contributed by atoms with Gasteiger partial charge in [-0.2, -0.15) is 0 Å². The highest BCUT2D eigenvalue weighted by Crippen LogP contribution is 2.35. The van der Waals surface area contributed by atoms with Gasteiger partial charge >= 0.3 is 0 Å². The first-order valence-electron chi connectivity index (χ1n) is 20.2. The summed E-state index contributed by atoms with van der Waals surface area (Å²) in [5, 5.41) is 8.21. The molecule has 5 aromatic heterocycles. The summed E-state index contributed by atoms with van der Waals surface area (Å²) in [6, 6.07) is 48.6. The Morgan fingerprint density at radius 1 is 0.354 bits per heavy atom. The van der Waals surface area contributed by atoms with Crippen LogP contribution in [0.1, 0.15) is 44.5 Å². The maximum atomic E-state index is 5.86. The highest BCUT2D eigenvalue weighted by molar-refractivity contribution is 7.24. The Balaban J connectivity index is 0.000000147. The Hall–Kier alpha value is -3.40. The van der Waals surface area contributed by atoms with Gasteiger partial charge in [0.2, 0.25) is 0 Å².